The molecule has 1 unspecified atom stereocenters. The molecule has 1 fully saturated rings. The summed E-state index contributed by atoms with van der Waals surface area (Å²) in [5.74, 6) is -0.124. The molecule has 1 amide bonds. The third kappa shape index (κ3) is 2.98. The first-order valence-electron chi connectivity index (χ1n) is 6.50. The van der Waals surface area contributed by atoms with E-state index in [-0.39, 0.29) is 28.4 Å². The van der Waals surface area contributed by atoms with Crippen LogP contribution in [0.1, 0.15) is 35.1 Å². The summed E-state index contributed by atoms with van der Waals surface area (Å²) in [6.45, 7) is 0.910. The zero-order valence-corrected chi connectivity index (χ0v) is 11.7. The number of rotatable bonds is 3. The van der Waals surface area contributed by atoms with Crippen LogP contribution in [-0.4, -0.2) is 27.8 Å². The zero-order chi connectivity index (χ0) is 14.8. The SMILES string of the molecule is O=C(Nc1nnc(C2CCCN2)o1)c1cc(O)ccc1Cl. The number of aromatic nitrogens is 2. The van der Waals surface area contributed by atoms with Gasteiger partial charge in [-0.2, -0.15) is 0 Å². The maximum Gasteiger partial charge on any atom is 0.322 e. The second-order valence-corrected chi connectivity index (χ2v) is 5.12. The predicted molar refractivity (Wildman–Crippen MR) is 75.3 cm³/mol. The number of aromatic hydroxyl groups is 1. The van der Waals surface area contributed by atoms with E-state index < -0.39 is 5.91 Å². The number of hydrogen-bond acceptors (Lipinski definition) is 6. The Morgan fingerprint density at radius 1 is 1.48 bits per heavy atom. The third-order valence-corrected chi connectivity index (χ3v) is 3.54. The lowest BCUT2D eigenvalue weighted by Crippen LogP contribution is -2.13. The first-order valence-corrected chi connectivity index (χ1v) is 6.88. The van der Waals surface area contributed by atoms with Crippen LogP contribution < -0.4 is 10.6 Å². The highest BCUT2D eigenvalue weighted by Gasteiger charge is 2.23. The number of hydrogen-bond donors (Lipinski definition) is 3. The molecule has 2 aromatic rings. The van der Waals surface area contributed by atoms with E-state index >= 15 is 0 Å². The number of phenols is 1. The summed E-state index contributed by atoms with van der Waals surface area (Å²) in [4.78, 5) is 12.1. The van der Waals surface area contributed by atoms with Gasteiger partial charge in [-0.3, -0.25) is 10.1 Å². The first-order chi connectivity index (χ1) is 10.1. The van der Waals surface area contributed by atoms with Crippen LogP contribution >= 0.6 is 11.6 Å². The molecule has 1 atom stereocenters. The average molecular weight is 309 g/mol. The van der Waals surface area contributed by atoms with Crippen LogP contribution in [0.3, 0.4) is 0 Å². The van der Waals surface area contributed by atoms with Crippen LogP contribution in [-0.2, 0) is 0 Å². The topological polar surface area (TPSA) is 100 Å². The van der Waals surface area contributed by atoms with Crippen molar-refractivity contribution in [1.29, 1.82) is 0 Å². The van der Waals surface area contributed by atoms with Gasteiger partial charge >= 0.3 is 6.01 Å². The Kier molecular flexibility index (Phi) is 3.76. The van der Waals surface area contributed by atoms with Crippen molar-refractivity contribution in [3.05, 3.63) is 34.7 Å². The van der Waals surface area contributed by atoms with Crippen molar-refractivity contribution < 1.29 is 14.3 Å². The molecule has 1 aliphatic heterocycles. The molecule has 3 rings (SSSR count). The molecular formula is C13H13ClN4O3. The molecule has 0 aliphatic carbocycles. The molecule has 2 heterocycles. The first kappa shape index (κ1) is 13.8. The number of anilines is 1. The summed E-state index contributed by atoms with van der Waals surface area (Å²) in [5, 5.41) is 23.0. The van der Waals surface area contributed by atoms with Crippen LogP contribution in [0.5, 0.6) is 5.75 Å². The normalized spacial score (nSPS) is 17.9. The molecule has 0 saturated carbocycles. The maximum atomic E-state index is 12.1. The van der Waals surface area contributed by atoms with Gasteiger partial charge < -0.3 is 14.8 Å². The van der Waals surface area contributed by atoms with Crippen molar-refractivity contribution in [2.45, 2.75) is 18.9 Å². The minimum absolute atomic E-state index is 0.00288. The van der Waals surface area contributed by atoms with Crippen LogP contribution in [0.25, 0.3) is 0 Å². The predicted octanol–water partition coefficient (Wildman–Crippen LogP) is 2.11. The van der Waals surface area contributed by atoms with Gasteiger partial charge in [-0.1, -0.05) is 16.7 Å². The number of phenolic OH excluding ortho intramolecular Hbond substituents is 1. The number of benzene rings is 1. The highest BCUT2D eigenvalue weighted by Crippen LogP contribution is 2.24. The second kappa shape index (κ2) is 5.71. The van der Waals surface area contributed by atoms with E-state index in [0.717, 1.165) is 19.4 Å². The van der Waals surface area contributed by atoms with Gasteiger partial charge in [0.25, 0.3) is 5.91 Å². The van der Waals surface area contributed by atoms with Gasteiger partial charge in [0.05, 0.1) is 16.6 Å². The number of nitrogens with zero attached hydrogens (tertiary/aromatic N) is 2. The summed E-state index contributed by atoms with van der Waals surface area (Å²) in [6.07, 6.45) is 1.97. The number of carbonyl (C=O) groups excluding carboxylic acids is 1. The van der Waals surface area contributed by atoms with Crippen molar-refractivity contribution in [3.63, 3.8) is 0 Å². The maximum absolute atomic E-state index is 12.1. The molecule has 21 heavy (non-hydrogen) atoms. The summed E-state index contributed by atoms with van der Waals surface area (Å²) < 4.78 is 5.41. The molecule has 0 radical (unpaired) electrons. The van der Waals surface area contributed by atoms with Crippen LogP contribution in [0.4, 0.5) is 6.01 Å². The molecule has 1 saturated heterocycles. The lowest BCUT2D eigenvalue weighted by atomic mass is 10.2. The van der Waals surface area contributed by atoms with E-state index in [0.29, 0.717) is 5.89 Å². The Morgan fingerprint density at radius 2 is 2.33 bits per heavy atom. The minimum atomic E-state index is -0.523. The fraction of sp³-hybridized carbons (Fsp3) is 0.308. The summed E-state index contributed by atoms with van der Waals surface area (Å²) in [7, 11) is 0. The van der Waals surface area contributed by atoms with E-state index in [1.54, 1.807) is 0 Å². The van der Waals surface area contributed by atoms with Crippen LogP contribution in [0.2, 0.25) is 5.02 Å². The molecule has 0 bridgehead atoms. The Labute approximate surface area is 125 Å². The quantitative estimate of drug-likeness (QED) is 0.803. The molecule has 1 aromatic carbocycles. The molecule has 1 aliphatic rings. The van der Waals surface area contributed by atoms with Crippen molar-refractivity contribution in [3.8, 4) is 5.75 Å². The van der Waals surface area contributed by atoms with E-state index in [9.17, 15) is 9.90 Å². The Bertz CT molecular complexity index is 667. The summed E-state index contributed by atoms with van der Waals surface area (Å²) >= 11 is 5.92. The van der Waals surface area contributed by atoms with Gasteiger partial charge in [0, 0.05) is 0 Å². The highest BCUT2D eigenvalue weighted by atomic mass is 35.5. The lowest BCUT2D eigenvalue weighted by Gasteiger charge is -2.04. The van der Waals surface area contributed by atoms with Crippen molar-refractivity contribution in [1.82, 2.24) is 15.5 Å². The Hall–Kier alpha value is -2.12. The van der Waals surface area contributed by atoms with Crippen molar-refractivity contribution in [2.24, 2.45) is 0 Å². The van der Waals surface area contributed by atoms with Gasteiger partial charge in [0.2, 0.25) is 5.89 Å². The summed E-state index contributed by atoms with van der Waals surface area (Å²) in [5.41, 5.74) is 0.135. The molecule has 0 spiro atoms. The van der Waals surface area contributed by atoms with Crippen molar-refractivity contribution >= 4 is 23.5 Å². The fourth-order valence-electron chi connectivity index (χ4n) is 2.17. The Balaban J connectivity index is 1.74. The van der Waals surface area contributed by atoms with Gasteiger partial charge in [0.1, 0.15) is 5.75 Å². The third-order valence-electron chi connectivity index (χ3n) is 3.21. The smallest absolute Gasteiger partial charge is 0.322 e. The zero-order valence-electron chi connectivity index (χ0n) is 11.0. The van der Waals surface area contributed by atoms with Crippen LogP contribution in [0, 0.1) is 0 Å². The highest BCUT2D eigenvalue weighted by molar-refractivity contribution is 6.34. The number of amides is 1. The van der Waals surface area contributed by atoms with Crippen LogP contribution in [0.15, 0.2) is 22.6 Å². The number of carbonyl (C=O) groups is 1. The minimum Gasteiger partial charge on any atom is -0.508 e. The van der Waals surface area contributed by atoms with E-state index in [4.69, 9.17) is 16.0 Å². The van der Waals surface area contributed by atoms with E-state index in [1.165, 1.54) is 18.2 Å². The summed E-state index contributed by atoms with van der Waals surface area (Å²) in [6, 6.07) is 4.15. The van der Waals surface area contributed by atoms with E-state index in [2.05, 4.69) is 20.8 Å². The van der Waals surface area contributed by atoms with Gasteiger partial charge in [-0.05, 0) is 37.6 Å². The Morgan fingerprint density at radius 3 is 3.10 bits per heavy atom. The standard InChI is InChI=1S/C13H13ClN4O3/c14-9-4-3-7(19)6-8(9)11(20)16-13-18-17-12(21-13)10-2-1-5-15-10/h3-4,6,10,15,19H,1-2,5H2,(H,16,18,20). The number of nitrogens with one attached hydrogen (secondary N) is 2. The van der Waals surface area contributed by atoms with E-state index in [1.807, 2.05) is 0 Å². The number of halogens is 1. The largest absolute Gasteiger partial charge is 0.508 e. The monoisotopic (exact) mass is 308 g/mol. The average Bonchev–Trinajstić information content (AvgIpc) is 3.11. The molecular weight excluding hydrogens is 296 g/mol. The fourth-order valence-corrected chi connectivity index (χ4v) is 2.38. The second-order valence-electron chi connectivity index (χ2n) is 4.71. The van der Waals surface area contributed by atoms with Gasteiger partial charge in [0.15, 0.2) is 0 Å². The molecule has 8 heteroatoms. The van der Waals surface area contributed by atoms with Crippen molar-refractivity contribution in [2.75, 3.05) is 11.9 Å². The van der Waals surface area contributed by atoms with Gasteiger partial charge in [-0.15, -0.1) is 5.10 Å². The molecule has 1 aromatic heterocycles. The lowest BCUT2D eigenvalue weighted by molar-refractivity contribution is 0.102. The molecule has 110 valence electrons. The van der Waals surface area contributed by atoms with Gasteiger partial charge in [-0.25, -0.2) is 0 Å². The molecule has 7 nitrogen and oxygen atoms in total. The molecule has 3 N–H and O–H groups in total.